The molecule has 0 aliphatic rings. The number of carbonyl (C=O) groups is 2. The number of carbonyl (C=O) groups excluding carboxylic acids is 2. The molecule has 0 aromatic carbocycles. The third kappa shape index (κ3) is 711. The summed E-state index contributed by atoms with van der Waals surface area (Å²) in [6.07, 6.45) is 3.00. The molecular weight excluding hydrogens is 229 g/mol. The van der Waals surface area contributed by atoms with Crippen molar-refractivity contribution in [1.82, 2.24) is 0 Å². The zero-order chi connectivity index (χ0) is 9.41. The van der Waals surface area contributed by atoms with Crippen molar-refractivity contribution in [1.29, 1.82) is 0 Å². The van der Waals surface area contributed by atoms with E-state index in [0.29, 0.717) is 0 Å². The summed E-state index contributed by atoms with van der Waals surface area (Å²) < 4.78 is 0. The van der Waals surface area contributed by atoms with Crippen molar-refractivity contribution in [2.45, 2.75) is 0 Å². The predicted octanol–water partition coefficient (Wildman–Crippen LogP) is 1.64. The average Bonchev–Trinajstić information content (AvgIpc) is 1.99. The first-order valence-electron chi connectivity index (χ1n) is 2.21. The van der Waals surface area contributed by atoms with E-state index in [2.05, 4.69) is 27.0 Å². The van der Waals surface area contributed by atoms with Crippen LogP contribution >= 0.6 is 0 Å². The largest absolute Gasteiger partial charge is 2.00 e. The number of rotatable bonds is 0. The fraction of sp³-hybridized carbons (Fsp3) is 0. The summed E-state index contributed by atoms with van der Waals surface area (Å²) in [5, 5.41) is 0. The molecular formula is C8H14O2Ru. The van der Waals surface area contributed by atoms with Gasteiger partial charge in [-0.15, -0.1) is 0 Å². The van der Waals surface area contributed by atoms with Gasteiger partial charge in [-0.2, -0.15) is 0 Å². The fourth-order valence-corrected chi connectivity index (χ4v) is 0. The van der Waals surface area contributed by atoms with Gasteiger partial charge in [-0.3, -0.25) is 0 Å². The van der Waals surface area contributed by atoms with Crippen LogP contribution in [0.1, 0.15) is 0 Å². The maximum atomic E-state index is 8.00. The molecule has 0 rings (SSSR count). The summed E-state index contributed by atoms with van der Waals surface area (Å²) in [4.78, 5) is 16.0. The Labute approximate surface area is 82.1 Å². The molecule has 0 unspecified atom stereocenters. The van der Waals surface area contributed by atoms with Gasteiger partial charge in [0.15, 0.2) is 0 Å². The second-order valence-electron chi connectivity index (χ2n) is 0.577. The van der Waals surface area contributed by atoms with Crippen LogP contribution in [0.15, 0.2) is 25.3 Å². The van der Waals surface area contributed by atoms with Crippen LogP contribution in [0.2, 0.25) is 0 Å². The normalized spacial score (nSPS) is 2.91. The molecule has 0 bridgehead atoms. The molecule has 0 aliphatic carbocycles. The maximum Gasteiger partial charge on any atom is 2.00 e. The third-order valence-corrected chi connectivity index (χ3v) is 0. The van der Waals surface area contributed by atoms with E-state index in [1.807, 2.05) is 13.6 Å². The molecule has 0 radical (unpaired) electrons. The van der Waals surface area contributed by atoms with Crippen molar-refractivity contribution in [2.75, 3.05) is 0 Å². The topological polar surface area (TPSA) is 34.1 Å². The predicted molar refractivity (Wildman–Crippen MR) is 45.4 cm³/mol. The van der Waals surface area contributed by atoms with E-state index < -0.39 is 0 Å². The van der Waals surface area contributed by atoms with Crippen LogP contribution in [0.5, 0.6) is 0 Å². The van der Waals surface area contributed by atoms with Gasteiger partial charge in [-0.05, 0) is 0 Å². The molecule has 0 spiro atoms. The van der Waals surface area contributed by atoms with Gasteiger partial charge in [0.2, 0.25) is 0 Å². The van der Waals surface area contributed by atoms with Gasteiger partial charge in [0, 0.05) is 0 Å². The molecule has 66 valence electrons. The Morgan fingerprint density at radius 2 is 0.818 bits per heavy atom. The van der Waals surface area contributed by atoms with E-state index in [1.54, 1.807) is 0 Å². The Balaban J connectivity index is -0.0000000144. The molecule has 0 fully saturated rings. The maximum absolute atomic E-state index is 8.00. The van der Waals surface area contributed by atoms with Crippen LogP contribution in [0.4, 0.5) is 0 Å². The van der Waals surface area contributed by atoms with E-state index in [0.717, 1.165) is 0 Å². The molecule has 0 saturated carbocycles. The summed E-state index contributed by atoms with van der Waals surface area (Å²) >= 11 is 0. The van der Waals surface area contributed by atoms with Crippen molar-refractivity contribution in [3.63, 3.8) is 0 Å². The van der Waals surface area contributed by atoms with E-state index in [1.165, 1.54) is 12.2 Å². The molecule has 2 nitrogen and oxygen atoms in total. The van der Waals surface area contributed by atoms with Crippen LogP contribution in [-0.4, -0.2) is 13.6 Å². The molecule has 0 atom stereocenters. The van der Waals surface area contributed by atoms with Gasteiger partial charge < -0.3 is 9.59 Å². The first-order valence-corrected chi connectivity index (χ1v) is 2.21. The molecule has 11 heavy (non-hydrogen) atoms. The van der Waals surface area contributed by atoms with Gasteiger partial charge >= 0.3 is 19.5 Å². The van der Waals surface area contributed by atoms with Crippen molar-refractivity contribution in [2.24, 2.45) is 0 Å². The second-order valence-corrected chi connectivity index (χ2v) is 0.577. The van der Waals surface area contributed by atoms with Gasteiger partial charge in [0.05, 0.1) is 0 Å². The Morgan fingerprint density at radius 3 is 0.818 bits per heavy atom. The molecule has 0 aromatic rings. The Hall–Kier alpha value is -0.817. The van der Waals surface area contributed by atoms with Gasteiger partial charge in [-0.25, -0.2) is 39.2 Å². The van der Waals surface area contributed by atoms with Gasteiger partial charge in [0.25, 0.3) is 0 Å². The van der Waals surface area contributed by atoms with Crippen molar-refractivity contribution < 1.29 is 29.1 Å². The quantitative estimate of drug-likeness (QED) is 0.479. The number of allylic oxidation sites excluding steroid dienone is 2. The van der Waals surface area contributed by atoms with Gasteiger partial charge in [0.1, 0.15) is 13.6 Å². The summed E-state index contributed by atoms with van der Waals surface area (Å²) in [5.74, 6) is 0. The molecule has 3 heteroatoms. The van der Waals surface area contributed by atoms with Gasteiger partial charge in [-0.1, -0.05) is 0 Å². The van der Waals surface area contributed by atoms with Crippen molar-refractivity contribution in [3.8, 4) is 0 Å². The van der Waals surface area contributed by atoms with Crippen molar-refractivity contribution >= 4 is 13.6 Å². The minimum absolute atomic E-state index is 0. The molecule has 0 aromatic heterocycles. The fourth-order valence-electron chi connectivity index (χ4n) is 0. The first-order chi connectivity index (χ1) is 4.83. The molecule has 0 heterocycles. The summed E-state index contributed by atoms with van der Waals surface area (Å²) in [7, 11) is 0. The molecule has 0 saturated heterocycles. The SMILES string of the molecule is C=C[CH2-].C=C[CH2-].C=O.C=O.[Ru+2]. The smallest absolute Gasteiger partial charge is 0.307 e. The van der Waals surface area contributed by atoms with Crippen LogP contribution < -0.4 is 0 Å². The Bertz CT molecular complexity index is 48.1. The zero-order valence-corrected chi connectivity index (χ0v) is 8.31. The summed E-state index contributed by atoms with van der Waals surface area (Å²) in [6, 6.07) is 0. The Morgan fingerprint density at radius 1 is 0.818 bits per heavy atom. The minimum Gasteiger partial charge on any atom is -0.307 e. The monoisotopic (exact) mass is 244 g/mol. The number of hydrogen-bond acceptors (Lipinski definition) is 2. The first kappa shape index (κ1) is 32.0. The summed E-state index contributed by atoms with van der Waals surface area (Å²) in [6.45, 7) is 17.0. The van der Waals surface area contributed by atoms with E-state index >= 15 is 0 Å². The zero-order valence-electron chi connectivity index (χ0n) is 6.57. The molecule has 0 aliphatic heterocycles. The third-order valence-electron chi connectivity index (χ3n) is 0. The summed E-state index contributed by atoms with van der Waals surface area (Å²) in [5.41, 5.74) is 0. The number of hydrogen-bond donors (Lipinski definition) is 0. The standard InChI is InChI=1S/2C3H5.2CH2O.Ru/c2*1-3-2;2*1-2;/h2*3H,1-2H2;2*1H2;/q2*-1;;;+2. The van der Waals surface area contributed by atoms with Crippen LogP contribution in [-0.2, 0) is 29.1 Å². The Kier molecular flexibility index (Phi) is 1280. The molecule has 0 N–H and O–H groups in total. The average molecular weight is 243 g/mol. The van der Waals surface area contributed by atoms with Crippen LogP contribution in [0.3, 0.4) is 0 Å². The minimum atomic E-state index is 0. The van der Waals surface area contributed by atoms with E-state index in [9.17, 15) is 0 Å². The molecule has 0 amide bonds. The van der Waals surface area contributed by atoms with Crippen LogP contribution in [0, 0.1) is 13.8 Å². The van der Waals surface area contributed by atoms with E-state index in [-0.39, 0.29) is 19.5 Å². The van der Waals surface area contributed by atoms with Crippen LogP contribution in [0.25, 0.3) is 0 Å². The van der Waals surface area contributed by atoms with Crippen molar-refractivity contribution in [3.05, 3.63) is 39.2 Å². The second kappa shape index (κ2) is 439. The van der Waals surface area contributed by atoms with E-state index in [4.69, 9.17) is 9.59 Å².